The van der Waals surface area contributed by atoms with E-state index >= 15 is 0 Å². The molecule has 1 unspecified atom stereocenters. The molecular weight excluding hydrogens is 422 g/mol. The first-order valence-corrected chi connectivity index (χ1v) is 10.5. The van der Waals surface area contributed by atoms with Gasteiger partial charge in [0.05, 0.1) is 29.2 Å². The minimum absolute atomic E-state index is 0.0706. The highest BCUT2D eigenvalue weighted by Crippen LogP contribution is 2.43. The van der Waals surface area contributed by atoms with Crippen molar-refractivity contribution in [1.82, 2.24) is 4.90 Å². The molecule has 2 heterocycles. The second kappa shape index (κ2) is 7.41. The molecule has 0 bridgehead atoms. The monoisotopic (exact) mass is 439 g/mol. The minimum Gasteiger partial charge on any atom is -0.344 e. The molecule has 2 aliphatic heterocycles. The van der Waals surface area contributed by atoms with Gasteiger partial charge in [0.15, 0.2) is 0 Å². The summed E-state index contributed by atoms with van der Waals surface area (Å²) in [4.78, 5) is 16.8. The molecule has 27 heavy (non-hydrogen) atoms. The van der Waals surface area contributed by atoms with Gasteiger partial charge in [0.1, 0.15) is 0 Å². The van der Waals surface area contributed by atoms with E-state index in [0.717, 1.165) is 26.6 Å². The summed E-state index contributed by atoms with van der Waals surface area (Å²) in [6.45, 7) is 2.55. The number of carbonyl (C=O) groups is 1. The standard InChI is InChI=1S/C21H18BrN3OS/c1-14-2-8-17(9-3-14)24-12-25-20(26)10-18(15-4-6-16(22)7-5-15)19(11-23)21(25)27-13-24/h2-9,18H,10,12-13H2,1H3. The van der Waals surface area contributed by atoms with Gasteiger partial charge in [0, 0.05) is 22.5 Å². The molecule has 1 saturated heterocycles. The number of rotatable bonds is 2. The number of benzene rings is 2. The van der Waals surface area contributed by atoms with E-state index in [1.54, 1.807) is 16.7 Å². The number of allylic oxidation sites excluding steroid dienone is 1. The second-order valence-electron chi connectivity index (χ2n) is 6.75. The van der Waals surface area contributed by atoms with E-state index in [9.17, 15) is 10.1 Å². The molecular formula is C21H18BrN3OS. The molecule has 2 aromatic carbocycles. The van der Waals surface area contributed by atoms with Crippen molar-refractivity contribution in [2.24, 2.45) is 0 Å². The van der Waals surface area contributed by atoms with E-state index in [4.69, 9.17) is 0 Å². The minimum atomic E-state index is -0.166. The summed E-state index contributed by atoms with van der Waals surface area (Å²) in [6.07, 6.45) is 0.330. The molecule has 1 fully saturated rings. The fourth-order valence-electron chi connectivity index (χ4n) is 3.46. The average molecular weight is 440 g/mol. The number of nitriles is 1. The molecule has 4 rings (SSSR count). The molecule has 0 N–H and O–H groups in total. The van der Waals surface area contributed by atoms with Crippen molar-refractivity contribution < 1.29 is 4.79 Å². The van der Waals surface area contributed by atoms with Crippen LogP contribution < -0.4 is 4.90 Å². The Morgan fingerprint density at radius 2 is 1.85 bits per heavy atom. The maximum Gasteiger partial charge on any atom is 0.229 e. The molecule has 6 heteroatoms. The van der Waals surface area contributed by atoms with E-state index in [2.05, 4.69) is 58.1 Å². The highest BCUT2D eigenvalue weighted by molar-refractivity contribution is 9.10. The van der Waals surface area contributed by atoms with Crippen molar-refractivity contribution in [2.45, 2.75) is 19.3 Å². The van der Waals surface area contributed by atoms with Crippen LogP contribution in [0.4, 0.5) is 5.69 Å². The van der Waals surface area contributed by atoms with Gasteiger partial charge in [-0.05, 0) is 36.8 Å². The van der Waals surface area contributed by atoms with Crippen LogP contribution in [-0.2, 0) is 4.79 Å². The number of anilines is 1. The van der Waals surface area contributed by atoms with Gasteiger partial charge in [-0.3, -0.25) is 9.69 Å². The third-order valence-corrected chi connectivity index (χ3v) is 6.65. The van der Waals surface area contributed by atoms with Gasteiger partial charge in [-0.1, -0.05) is 57.5 Å². The molecule has 0 radical (unpaired) electrons. The summed E-state index contributed by atoms with van der Waals surface area (Å²) in [5.74, 6) is 0.627. The molecule has 0 aliphatic carbocycles. The highest BCUT2D eigenvalue weighted by atomic mass is 79.9. The number of fused-ring (bicyclic) bond motifs is 1. The van der Waals surface area contributed by atoms with Gasteiger partial charge in [-0.15, -0.1) is 0 Å². The van der Waals surface area contributed by atoms with Crippen molar-refractivity contribution in [2.75, 3.05) is 17.4 Å². The van der Waals surface area contributed by atoms with Crippen LogP contribution in [0.15, 0.2) is 63.6 Å². The van der Waals surface area contributed by atoms with E-state index in [1.165, 1.54) is 5.56 Å². The Morgan fingerprint density at radius 1 is 1.15 bits per heavy atom. The summed E-state index contributed by atoms with van der Waals surface area (Å²) in [6, 6.07) is 18.6. The predicted octanol–water partition coefficient (Wildman–Crippen LogP) is 4.98. The second-order valence-corrected chi connectivity index (χ2v) is 8.60. The number of nitrogens with zero attached hydrogens (tertiary/aromatic N) is 3. The summed E-state index contributed by atoms with van der Waals surface area (Å²) in [5, 5.41) is 10.6. The molecule has 4 nitrogen and oxygen atoms in total. The molecule has 2 aliphatic rings. The number of thioether (sulfide) groups is 1. The lowest BCUT2D eigenvalue weighted by Gasteiger charge is -2.42. The molecule has 1 amide bonds. The van der Waals surface area contributed by atoms with Crippen LogP contribution in [0.5, 0.6) is 0 Å². The van der Waals surface area contributed by atoms with Crippen LogP contribution in [0.25, 0.3) is 0 Å². The average Bonchev–Trinajstić information content (AvgIpc) is 2.69. The lowest BCUT2D eigenvalue weighted by Crippen LogP contribution is -2.47. The summed E-state index contributed by atoms with van der Waals surface area (Å²) >= 11 is 5.01. The number of aryl methyl sites for hydroxylation is 1. The lowest BCUT2D eigenvalue weighted by atomic mass is 9.86. The summed E-state index contributed by atoms with van der Waals surface area (Å²) < 4.78 is 0.988. The number of amides is 1. The van der Waals surface area contributed by atoms with Gasteiger partial charge in [-0.25, -0.2) is 0 Å². The number of halogens is 1. The summed E-state index contributed by atoms with van der Waals surface area (Å²) in [5.41, 5.74) is 4.01. The third kappa shape index (κ3) is 3.50. The van der Waals surface area contributed by atoms with Crippen LogP contribution in [0, 0.1) is 18.3 Å². The van der Waals surface area contributed by atoms with Crippen molar-refractivity contribution in [1.29, 1.82) is 5.26 Å². The van der Waals surface area contributed by atoms with Gasteiger partial charge in [0.25, 0.3) is 0 Å². The van der Waals surface area contributed by atoms with E-state index in [1.807, 2.05) is 24.3 Å². The fraction of sp³-hybridized carbons (Fsp3) is 0.238. The van der Waals surface area contributed by atoms with E-state index < -0.39 is 0 Å². The van der Waals surface area contributed by atoms with Gasteiger partial charge < -0.3 is 4.90 Å². The van der Waals surface area contributed by atoms with Crippen molar-refractivity contribution in [3.8, 4) is 6.07 Å². The Kier molecular flexibility index (Phi) is 4.98. The SMILES string of the molecule is Cc1ccc(N2CSC3=C(C#N)C(c4ccc(Br)cc4)CC(=O)N3C2)cc1. The van der Waals surface area contributed by atoms with Crippen molar-refractivity contribution >= 4 is 39.3 Å². The number of hydrogen-bond acceptors (Lipinski definition) is 4. The zero-order valence-electron chi connectivity index (χ0n) is 14.9. The molecule has 2 aromatic rings. The van der Waals surface area contributed by atoms with Crippen LogP contribution in [0.2, 0.25) is 0 Å². The number of hydrogen-bond donors (Lipinski definition) is 0. The molecule has 0 saturated carbocycles. The maximum atomic E-state index is 12.9. The normalized spacial score (nSPS) is 19.7. The van der Waals surface area contributed by atoms with Crippen LogP contribution in [0.1, 0.15) is 23.5 Å². The summed E-state index contributed by atoms with van der Waals surface area (Å²) in [7, 11) is 0. The smallest absolute Gasteiger partial charge is 0.229 e. The Balaban J connectivity index is 1.65. The Morgan fingerprint density at radius 3 is 2.52 bits per heavy atom. The molecule has 1 atom stereocenters. The van der Waals surface area contributed by atoms with Crippen molar-refractivity contribution in [3.05, 3.63) is 74.7 Å². The zero-order chi connectivity index (χ0) is 19.0. The van der Waals surface area contributed by atoms with Crippen LogP contribution in [0.3, 0.4) is 0 Å². The Hall–Kier alpha value is -2.23. The topological polar surface area (TPSA) is 47.3 Å². The largest absolute Gasteiger partial charge is 0.344 e. The quantitative estimate of drug-likeness (QED) is 0.661. The van der Waals surface area contributed by atoms with Crippen LogP contribution in [-0.4, -0.2) is 23.4 Å². The molecule has 0 aromatic heterocycles. The van der Waals surface area contributed by atoms with Gasteiger partial charge >= 0.3 is 0 Å². The van der Waals surface area contributed by atoms with E-state index in [-0.39, 0.29) is 11.8 Å². The fourth-order valence-corrected chi connectivity index (χ4v) is 4.89. The Labute approximate surface area is 171 Å². The highest BCUT2D eigenvalue weighted by Gasteiger charge is 2.38. The van der Waals surface area contributed by atoms with E-state index in [0.29, 0.717) is 18.7 Å². The van der Waals surface area contributed by atoms with Crippen LogP contribution >= 0.6 is 27.7 Å². The molecule has 0 spiro atoms. The number of carbonyl (C=O) groups excluding carboxylic acids is 1. The maximum absolute atomic E-state index is 12.9. The first-order valence-electron chi connectivity index (χ1n) is 8.71. The van der Waals surface area contributed by atoms with Gasteiger partial charge in [0.2, 0.25) is 5.91 Å². The first kappa shape index (κ1) is 18.1. The lowest BCUT2D eigenvalue weighted by molar-refractivity contribution is -0.129. The molecule has 136 valence electrons. The predicted molar refractivity (Wildman–Crippen MR) is 112 cm³/mol. The van der Waals surface area contributed by atoms with Crippen molar-refractivity contribution in [3.63, 3.8) is 0 Å². The first-order chi connectivity index (χ1) is 13.1. The Bertz CT molecular complexity index is 947. The van der Waals surface area contributed by atoms with Gasteiger partial charge in [-0.2, -0.15) is 5.26 Å². The third-order valence-electron chi connectivity index (χ3n) is 4.97. The zero-order valence-corrected chi connectivity index (χ0v) is 17.3.